The Kier molecular flexibility index (Phi) is 4.55. The normalized spacial score (nSPS) is 17.3. The second-order valence-corrected chi connectivity index (χ2v) is 7.61. The van der Waals surface area contributed by atoms with Gasteiger partial charge in [0, 0.05) is 18.3 Å². The minimum Gasteiger partial charge on any atom is -0.355 e. The number of rotatable bonds is 3. The van der Waals surface area contributed by atoms with Gasteiger partial charge in [0.15, 0.2) is 5.11 Å². The smallest absolute Gasteiger partial charge is 0.259 e. The molecule has 1 saturated carbocycles. The number of thiocarbonyl (C=S) groups is 1. The molecule has 8 heteroatoms. The number of hydrogen-bond donors (Lipinski definition) is 1. The van der Waals surface area contributed by atoms with E-state index in [0.29, 0.717) is 40.5 Å². The van der Waals surface area contributed by atoms with Crippen LogP contribution >= 0.6 is 12.2 Å². The molecule has 1 aromatic carbocycles. The van der Waals surface area contributed by atoms with Gasteiger partial charge in [-0.1, -0.05) is 0 Å². The highest BCUT2D eigenvalue weighted by Gasteiger charge is 2.59. The van der Waals surface area contributed by atoms with E-state index < -0.39 is 5.54 Å². The third-order valence-electron chi connectivity index (χ3n) is 5.64. The van der Waals surface area contributed by atoms with Crippen molar-refractivity contribution in [3.05, 3.63) is 53.3 Å². The molecular weight excluding hydrogens is 386 g/mol. The number of amides is 2. The van der Waals surface area contributed by atoms with E-state index in [0.717, 1.165) is 12.1 Å². The number of aryl methyl sites for hydroxylation is 1. The molecule has 0 radical (unpaired) electrons. The fourth-order valence-electron chi connectivity index (χ4n) is 3.91. The molecule has 1 N–H and O–H groups in total. The second-order valence-electron chi connectivity index (χ2n) is 7.24. The first-order valence-corrected chi connectivity index (χ1v) is 9.71. The number of pyridine rings is 1. The Labute approximate surface area is 173 Å². The number of carbonyl (C=O) groups is 2. The summed E-state index contributed by atoms with van der Waals surface area (Å²) in [5, 5.41) is 12.1. The molecule has 2 fully saturated rings. The van der Waals surface area contributed by atoms with E-state index in [2.05, 4.69) is 10.3 Å². The Morgan fingerprint density at radius 1 is 1.28 bits per heavy atom. The summed E-state index contributed by atoms with van der Waals surface area (Å²) in [6.45, 7) is 1.78. The molecule has 2 aliphatic rings. The molecule has 1 aliphatic carbocycles. The third kappa shape index (κ3) is 2.77. The van der Waals surface area contributed by atoms with E-state index in [-0.39, 0.29) is 11.8 Å². The van der Waals surface area contributed by atoms with Gasteiger partial charge in [-0.15, -0.1) is 0 Å². The average Bonchev–Trinajstić information content (AvgIpc) is 2.94. The highest BCUT2D eigenvalue weighted by Crippen LogP contribution is 2.47. The maximum Gasteiger partial charge on any atom is 0.259 e. The first-order valence-electron chi connectivity index (χ1n) is 9.30. The van der Waals surface area contributed by atoms with Crippen LogP contribution in [0.2, 0.25) is 0 Å². The number of hydrogen-bond acceptors (Lipinski definition) is 5. The SMILES string of the molecule is CNC(=O)c1ccc(N2C(=S)N(c3cnc(C#N)c(C)c3)C(=O)C23CCC3)cc1. The standard InChI is InChI=1S/C21H19N5O2S/c1-13-10-16(12-24-17(13)11-22)25-19(28)21(8-3-9-21)26(20(25)29)15-6-4-14(5-7-15)18(27)23-2/h4-7,10,12H,3,8-9H2,1-2H3,(H,23,27). The summed E-state index contributed by atoms with van der Waals surface area (Å²) >= 11 is 5.72. The molecule has 1 aromatic heterocycles. The highest BCUT2D eigenvalue weighted by atomic mass is 32.1. The maximum atomic E-state index is 13.4. The van der Waals surface area contributed by atoms with Crippen LogP contribution in [-0.2, 0) is 4.79 Å². The maximum absolute atomic E-state index is 13.4. The van der Waals surface area contributed by atoms with Gasteiger partial charge in [-0.3, -0.25) is 14.5 Å². The van der Waals surface area contributed by atoms with Crippen molar-refractivity contribution in [2.24, 2.45) is 0 Å². The van der Waals surface area contributed by atoms with Gasteiger partial charge in [0.1, 0.15) is 17.3 Å². The summed E-state index contributed by atoms with van der Waals surface area (Å²) in [4.78, 5) is 32.8. The van der Waals surface area contributed by atoms with Crippen LogP contribution < -0.4 is 15.1 Å². The lowest BCUT2D eigenvalue weighted by Crippen LogP contribution is -2.55. The molecule has 2 aromatic rings. The first kappa shape index (κ1) is 19.0. The van der Waals surface area contributed by atoms with Gasteiger partial charge in [-0.25, -0.2) is 4.98 Å². The van der Waals surface area contributed by atoms with Crippen LogP contribution in [0.5, 0.6) is 0 Å². The highest BCUT2D eigenvalue weighted by molar-refractivity contribution is 7.81. The fourth-order valence-corrected chi connectivity index (χ4v) is 4.38. The van der Waals surface area contributed by atoms with Crippen LogP contribution in [0.3, 0.4) is 0 Å². The molecule has 7 nitrogen and oxygen atoms in total. The molecule has 0 unspecified atom stereocenters. The van der Waals surface area contributed by atoms with Gasteiger partial charge in [-0.05, 0) is 74.3 Å². The van der Waals surface area contributed by atoms with Gasteiger partial charge in [0.25, 0.3) is 11.8 Å². The minimum absolute atomic E-state index is 0.0740. The molecule has 1 saturated heterocycles. The van der Waals surface area contributed by atoms with E-state index in [9.17, 15) is 9.59 Å². The van der Waals surface area contributed by atoms with Gasteiger partial charge in [0.05, 0.1) is 11.9 Å². The molecule has 2 heterocycles. The second kappa shape index (κ2) is 6.94. The van der Waals surface area contributed by atoms with Crippen molar-refractivity contribution < 1.29 is 9.59 Å². The van der Waals surface area contributed by atoms with Gasteiger partial charge in [0.2, 0.25) is 0 Å². The van der Waals surface area contributed by atoms with E-state index >= 15 is 0 Å². The van der Waals surface area contributed by atoms with Crippen molar-refractivity contribution in [2.75, 3.05) is 16.8 Å². The predicted octanol–water partition coefficient (Wildman–Crippen LogP) is 2.68. The molecule has 2 amide bonds. The largest absolute Gasteiger partial charge is 0.355 e. The lowest BCUT2D eigenvalue weighted by Gasteiger charge is -2.43. The number of nitrogens with zero attached hydrogens (tertiary/aromatic N) is 4. The van der Waals surface area contributed by atoms with Crippen molar-refractivity contribution in [1.82, 2.24) is 10.3 Å². The van der Waals surface area contributed by atoms with Crippen LogP contribution in [0.15, 0.2) is 36.5 Å². The van der Waals surface area contributed by atoms with Crippen molar-refractivity contribution in [3.63, 3.8) is 0 Å². The Hall–Kier alpha value is -3.31. The van der Waals surface area contributed by atoms with Crippen molar-refractivity contribution in [3.8, 4) is 6.07 Å². The lowest BCUT2D eigenvalue weighted by molar-refractivity contribution is -0.123. The van der Waals surface area contributed by atoms with Crippen molar-refractivity contribution >= 4 is 40.5 Å². The zero-order valence-corrected chi connectivity index (χ0v) is 16.9. The van der Waals surface area contributed by atoms with E-state index in [4.69, 9.17) is 17.5 Å². The van der Waals surface area contributed by atoms with E-state index in [1.165, 1.54) is 11.1 Å². The summed E-state index contributed by atoms with van der Waals surface area (Å²) in [5.74, 6) is -0.245. The van der Waals surface area contributed by atoms with Crippen LogP contribution in [-0.4, -0.2) is 34.5 Å². The van der Waals surface area contributed by atoms with Gasteiger partial charge >= 0.3 is 0 Å². The molecule has 0 bridgehead atoms. The van der Waals surface area contributed by atoms with Gasteiger partial charge in [-0.2, -0.15) is 5.26 Å². The molecule has 0 atom stereocenters. The fraction of sp³-hybridized carbons (Fsp3) is 0.286. The van der Waals surface area contributed by atoms with E-state index in [1.54, 1.807) is 32.2 Å². The number of aromatic nitrogens is 1. The predicted molar refractivity (Wildman–Crippen MR) is 113 cm³/mol. The molecule has 4 rings (SSSR count). The quantitative estimate of drug-likeness (QED) is 0.790. The van der Waals surface area contributed by atoms with Crippen LogP contribution in [0.1, 0.15) is 40.9 Å². The zero-order valence-electron chi connectivity index (χ0n) is 16.1. The topological polar surface area (TPSA) is 89.3 Å². The molecule has 1 spiro atoms. The van der Waals surface area contributed by atoms with Crippen LogP contribution in [0.25, 0.3) is 0 Å². The summed E-state index contributed by atoms with van der Waals surface area (Å²) < 4.78 is 0. The van der Waals surface area contributed by atoms with Gasteiger partial charge < -0.3 is 10.2 Å². The Morgan fingerprint density at radius 3 is 2.48 bits per heavy atom. The summed E-state index contributed by atoms with van der Waals surface area (Å²) in [6.07, 6.45) is 3.88. The number of anilines is 2. The lowest BCUT2D eigenvalue weighted by atomic mass is 9.75. The number of carbonyl (C=O) groups excluding carboxylic acids is 2. The summed E-state index contributed by atoms with van der Waals surface area (Å²) in [5.41, 5.74) is 2.19. The number of benzene rings is 1. The molecular formula is C21H19N5O2S. The Morgan fingerprint density at radius 2 is 1.97 bits per heavy atom. The van der Waals surface area contributed by atoms with Crippen molar-refractivity contribution in [1.29, 1.82) is 5.26 Å². The number of nitrogens with one attached hydrogen (secondary N) is 1. The summed E-state index contributed by atoms with van der Waals surface area (Å²) in [6, 6.07) is 10.9. The molecule has 29 heavy (non-hydrogen) atoms. The van der Waals surface area contributed by atoms with Crippen molar-refractivity contribution in [2.45, 2.75) is 31.7 Å². The third-order valence-corrected chi connectivity index (χ3v) is 6.00. The summed E-state index contributed by atoms with van der Waals surface area (Å²) in [7, 11) is 1.58. The Balaban J connectivity index is 1.75. The average molecular weight is 405 g/mol. The molecule has 1 aliphatic heterocycles. The Bertz CT molecular complexity index is 1070. The van der Waals surface area contributed by atoms with Crippen LogP contribution in [0, 0.1) is 18.3 Å². The number of nitriles is 1. The molecule has 146 valence electrons. The zero-order chi connectivity index (χ0) is 20.8. The monoisotopic (exact) mass is 405 g/mol. The first-order chi connectivity index (χ1) is 13.9. The van der Waals surface area contributed by atoms with E-state index in [1.807, 2.05) is 23.1 Å². The minimum atomic E-state index is -0.701. The van der Waals surface area contributed by atoms with Crippen LogP contribution in [0.4, 0.5) is 11.4 Å².